The molecule has 3 rings (SSSR count). The number of hydrogen-bond acceptors (Lipinski definition) is 5. The van der Waals surface area contributed by atoms with Gasteiger partial charge in [0.25, 0.3) is 5.56 Å². The van der Waals surface area contributed by atoms with Gasteiger partial charge in [0.05, 0.1) is 13.5 Å². The molecule has 0 aliphatic carbocycles. The number of nitrogens with zero attached hydrogens (tertiary/aromatic N) is 1. The lowest BCUT2D eigenvalue weighted by Gasteiger charge is -2.09. The lowest BCUT2D eigenvalue weighted by Crippen LogP contribution is -2.28. The maximum absolute atomic E-state index is 12.5. The maximum Gasteiger partial charge on any atom is 0.255 e. The lowest BCUT2D eigenvalue weighted by molar-refractivity contribution is -0.120. The average Bonchev–Trinajstić information content (AvgIpc) is 2.74. The van der Waals surface area contributed by atoms with Gasteiger partial charge in [-0.1, -0.05) is 53.7 Å². The summed E-state index contributed by atoms with van der Waals surface area (Å²) in [6.45, 7) is 4.20. The number of H-pyrrole nitrogens is 1. The number of aromatic nitrogens is 2. The number of aromatic amines is 1. The van der Waals surface area contributed by atoms with E-state index in [1.54, 1.807) is 14.0 Å². The number of nitrogens with one attached hydrogen (secondary N) is 2. The molecule has 0 saturated heterocycles. The second-order valence-electron chi connectivity index (χ2n) is 7.01. The summed E-state index contributed by atoms with van der Waals surface area (Å²) in [6, 6.07) is 15.7. The number of carbonyl (C=O) groups excluding carboxylic acids is 1. The largest absolute Gasteiger partial charge is 0.497 e. The number of amides is 1. The zero-order valence-corrected chi connectivity index (χ0v) is 18.1. The van der Waals surface area contributed by atoms with Crippen molar-refractivity contribution in [3.8, 4) is 5.75 Å². The molecule has 6 nitrogen and oxygen atoms in total. The van der Waals surface area contributed by atoms with Crippen molar-refractivity contribution in [2.45, 2.75) is 37.7 Å². The van der Waals surface area contributed by atoms with Gasteiger partial charge in [-0.2, -0.15) is 0 Å². The van der Waals surface area contributed by atoms with Gasteiger partial charge in [-0.15, -0.1) is 0 Å². The van der Waals surface area contributed by atoms with Crippen LogP contribution in [0.15, 0.2) is 58.5 Å². The van der Waals surface area contributed by atoms with Crippen molar-refractivity contribution in [3.05, 3.63) is 86.8 Å². The van der Waals surface area contributed by atoms with Gasteiger partial charge in [0, 0.05) is 23.6 Å². The highest BCUT2D eigenvalue weighted by Gasteiger charge is 2.13. The summed E-state index contributed by atoms with van der Waals surface area (Å²) >= 11 is 1.43. The van der Waals surface area contributed by atoms with E-state index in [0.29, 0.717) is 28.7 Å². The SMILES string of the molecule is COc1cccc(CSc2nc(C)c(CC(=O)NCc3ccc(C)cc3)c(=O)[nH]2)c1. The number of methoxy groups -OCH3 is 1. The molecule has 3 aromatic rings. The molecule has 0 atom stereocenters. The molecule has 1 amide bonds. The van der Waals surface area contributed by atoms with Crippen LogP contribution in [0.5, 0.6) is 5.75 Å². The van der Waals surface area contributed by atoms with E-state index < -0.39 is 0 Å². The van der Waals surface area contributed by atoms with Crippen molar-refractivity contribution >= 4 is 17.7 Å². The smallest absolute Gasteiger partial charge is 0.255 e. The summed E-state index contributed by atoms with van der Waals surface area (Å²) in [4.78, 5) is 32.1. The van der Waals surface area contributed by atoms with Gasteiger partial charge in [-0.25, -0.2) is 4.98 Å². The van der Waals surface area contributed by atoms with Crippen molar-refractivity contribution in [1.29, 1.82) is 0 Å². The van der Waals surface area contributed by atoms with Crippen molar-refractivity contribution in [2.24, 2.45) is 0 Å². The Hall–Kier alpha value is -3.06. The van der Waals surface area contributed by atoms with E-state index in [1.165, 1.54) is 17.3 Å². The molecule has 0 aliphatic heterocycles. The molecular weight excluding hydrogens is 398 g/mol. The van der Waals surface area contributed by atoms with Crippen LogP contribution in [0.25, 0.3) is 0 Å². The van der Waals surface area contributed by atoms with Crippen LogP contribution in [0.3, 0.4) is 0 Å². The van der Waals surface area contributed by atoms with E-state index in [2.05, 4.69) is 15.3 Å². The minimum atomic E-state index is -0.277. The van der Waals surface area contributed by atoms with E-state index in [0.717, 1.165) is 16.9 Å². The van der Waals surface area contributed by atoms with Gasteiger partial charge in [0.15, 0.2) is 5.16 Å². The third kappa shape index (κ3) is 5.97. The summed E-state index contributed by atoms with van der Waals surface area (Å²) in [5, 5.41) is 3.39. The zero-order valence-electron chi connectivity index (χ0n) is 17.3. The molecule has 0 aliphatic rings. The first-order chi connectivity index (χ1) is 14.4. The predicted octanol–water partition coefficient (Wildman–Crippen LogP) is 3.55. The van der Waals surface area contributed by atoms with Gasteiger partial charge >= 0.3 is 0 Å². The quantitative estimate of drug-likeness (QED) is 0.428. The van der Waals surface area contributed by atoms with Crippen LogP contribution in [-0.4, -0.2) is 23.0 Å². The van der Waals surface area contributed by atoms with Crippen molar-refractivity contribution in [3.63, 3.8) is 0 Å². The predicted molar refractivity (Wildman–Crippen MR) is 119 cm³/mol. The fourth-order valence-electron chi connectivity index (χ4n) is 2.90. The summed E-state index contributed by atoms with van der Waals surface area (Å²) in [5.74, 6) is 1.23. The Morgan fingerprint density at radius 1 is 1.13 bits per heavy atom. The molecule has 0 saturated carbocycles. The Balaban J connectivity index is 1.60. The van der Waals surface area contributed by atoms with Crippen LogP contribution in [0.4, 0.5) is 0 Å². The molecule has 2 N–H and O–H groups in total. The molecule has 30 heavy (non-hydrogen) atoms. The monoisotopic (exact) mass is 423 g/mol. The molecule has 0 radical (unpaired) electrons. The topological polar surface area (TPSA) is 84.1 Å². The van der Waals surface area contributed by atoms with Crippen LogP contribution in [0, 0.1) is 13.8 Å². The summed E-state index contributed by atoms with van der Waals surface area (Å²) in [7, 11) is 1.63. The van der Waals surface area contributed by atoms with Gasteiger partial charge in [0.2, 0.25) is 5.91 Å². The highest BCUT2D eigenvalue weighted by atomic mass is 32.2. The molecule has 1 aromatic heterocycles. The molecular formula is C23H25N3O3S. The first-order valence-electron chi connectivity index (χ1n) is 9.62. The Bertz CT molecular complexity index is 1080. The number of rotatable bonds is 8. The molecule has 2 aromatic carbocycles. The Morgan fingerprint density at radius 2 is 1.90 bits per heavy atom. The highest BCUT2D eigenvalue weighted by Crippen LogP contribution is 2.22. The number of ether oxygens (including phenoxy) is 1. The van der Waals surface area contributed by atoms with Gasteiger partial charge < -0.3 is 15.0 Å². The van der Waals surface area contributed by atoms with Crippen LogP contribution in [0.1, 0.15) is 27.9 Å². The van der Waals surface area contributed by atoms with E-state index in [1.807, 2.05) is 55.5 Å². The summed E-state index contributed by atoms with van der Waals surface area (Å²) < 4.78 is 5.23. The first-order valence-corrected chi connectivity index (χ1v) is 10.6. The minimum absolute atomic E-state index is 0.000852. The fourth-order valence-corrected chi connectivity index (χ4v) is 3.75. The van der Waals surface area contributed by atoms with Gasteiger partial charge in [-0.3, -0.25) is 9.59 Å². The van der Waals surface area contributed by atoms with Crippen LogP contribution in [-0.2, 0) is 23.5 Å². The Labute approximate surface area is 180 Å². The average molecular weight is 424 g/mol. The molecule has 0 fully saturated rings. The molecule has 0 spiro atoms. The van der Waals surface area contributed by atoms with E-state index >= 15 is 0 Å². The van der Waals surface area contributed by atoms with Crippen molar-refractivity contribution in [2.75, 3.05) is 7.11 Å². The number of carbonyl (C=O) groups is 1. The van der Waals surface area contributed by atoms with E-state index in [-0.39, 0.29) is 17.9 Å². The van der Waals surface area contributed by atoms with Gasteiger partial charge in [-0.05, 0) is 37.1 Å². The van der Waals surface area contributed by atoms with Crippen molar-refractivity contribution in [1.82, 2.24) is 15.3 Å². The third-order valence-corrected chi connectivity index (χ3v) is 5.60. The molecule has 7 heteroatoms. The second kappa shape index (κ2) is 10.1. The highest BCUT2D eigenvalue weighted by molar-refractivity contribution is 7.98. The molecule has 1 heterocycles. The third-order valence-electron chi connectivity index (χ3n) is 4.66. The van der Waals surface area contributed by atoms with E-state index in [9.17, 15) is 9.59 Å². The number of benzene rings is 2. The number of hydrogen-bond donors (Lipinski definition) is 2. The van der Waals surface area contributed by atoms with E-state index in [4.69, 9.17) is 4.74 Å². The zero-order chi connectivity index (χ0) is 21.5. The van der Waals surface area contributed by atoms with Crippen LogP contribution < -0.4 is 15.6 Å². The maximum atomic E-state index is 12.5. The Kier molecular flexibility index (Phi) is 7.30. The normalized spacial score (nSPS) is 10.6. The second-order valence-corrected chi connectivity index (χ2v) is 7.98. The summed E-state index contributed by atoms with van der Waals surface area (Å²) in [6.07, 6.45) is 0.000852. The van der Waals surface area contributed by atoms with Crippen LogP contribution in [0.2, 0.25) is 0 Å². The molecule has 156 valence electrons. The Morgan fingerprint density at radius 3 is 2.60 bits per heavy atom. The van der Waals surface area contributed by atoms with Crippen molar-refractivity contribution < 1.29 is 9.53 Å². The number of aryl methyl sites for hydroxylation is 2. The fraction of sp³-hybridized carbons (Fsp3) is 0.261. The summed E-state index contributed by atoms with van der Waals surface area (Å²) in [5.41, 5.74) is 3.93. The van der Waals surface area contributed by atoms with Crippen LogP contribution >= 0.6 is 11.8 Å². The lowest BCUT2D eigenvalue weighted by atomic mass is 10.1. The standard InChI is InChI=1S/C23H25N3O3S/c1-15-7-9-17(10-8-15)13-24-21(27)12-20-16(2)25-23(26-22(20)28)30-14-18-5-4-6-19(11-18)29-3/h4-11H,12-14H2,1-3H3,(H,24,27)(H,25,26,28). The molecule has 0 bridgehead atoms. The number of thioether (sulfide) groups is 1. The van der Waals surface area contributed by atoms with Gasteiger partial charge in [0.1, 0.15) is 5.75 Å². The first kappa shape index (κ1) is 21.6. The minimum Gasteiger partial charge on any atom is -0.497 e. The molecule has 0 unspecified atom stereocenters.